The third-order valence-corrected chi connectivity index (χ3v) is 6.83. The van der Waals surface area contributed by atoms with Gasteiger partial charge in [0.1, 0.15) is 5.75 Å². The lowest BCUT2D eigenvalue weighted by atomic mass is 10.1. The topological polar surface area (TPSA) is 35.5 Å². The van der Waals surface area contributed by atoms with E-state index in [1.807, 2.05) is 84.9 Å². The van der Waals surface area contributed by atoms with Gasteiger partial charge in [-0.3, -0.25) is 0 Å². The van der Waals surface area contributed by atoms with E-state index in [-0.39, 0.29) is 5.97 Å². The molecular formula is C22H20O3S2. The number of carbonyl (C=O) groups excluding carboxylic acids is 1. The van der Waals surface area contributed by atoms with E-state index in [0.29, 0.717) is 0 Å². The van der Waals surface area contributed by atoms with Crippen LogP contribution in [0, 0.1) is 0 Å². The molecule has 27 heavy (non-hydrogen) atoms. The molecule has 0 amide bonds. The van der Waals surface area contributed by atoms with Crippen LogP contribution in [0.1, 0.15) is 5.56 Å². The first-order chi connectivity index (χ1) is 13.2. The summed E-state index contributed by atoms with van der Waals surface area (Å²) < 4.78 is 9.55. The lowest BCUT2D eigenvalue weighted by Gasteiger charge is -2.30. The second kappa shape index (κ2) is 9.02. The Bertz CT molecular complexity index is 824. The molecule has 0 radical (unpaired) electrons. The van der Waals surface area contributed by atoms with Crippen LogP contribution in [-0.2, 0) is 13.6 Å². The molecule has 0 heterocycles. The summed E-state index contributed by atoms with van der Waals surface area (Å²) >= 11 is 2.96. The number of benzene rings is 3. The summed E-state index contributed by atoms with van der Waals surface area (Å²) in [5, 5.41) is 0. The minimum atomic E-state index is -0.982. The Morgan fingerprint density at radius 1 is 0.741 bits per heavy atom. The van der Waals surface area contributed by atoms with E-state index in [9.17, 15) is 4.79 Å². The van der Waals surface area contributed by atoms with Crippen molar-refractivity contribution in [1.82, 2.24) is 0 Å². The van der Waals surface area contributed by atoms with E-state index in [2.05, 4.69) is 0 Å². The predicted octanol–water partition coefficient (Wildman–Crippen LogP) is 5.61. The zero-order valence-electron chi connectivity index (χ0n) is 15.1. The third-order valence-electron chi connectivity index (χ3n) is 3.93. The smallest absolute Gasteiger partial charge is 0.337 e. The number of thioether (sulfide) groups is 2. The molecule has 0 aromatic heterocycles. The maximum absolute atomic E-state index is 13.1. The second-order valence-corrected chi connectivity index (χ2v) is 8.50. The SMILES string of the molecule is COC(=O)C(Sc1ccccc1)(Sc1ccccc1)c1ccc(OC)cc1. The molecule has 3 rings (SSSR count). The molecule has 3 nitrogen and oxygen atoms in total. The molecular weight excluding hydrogens is 376 g/mol. The highest BCUT2D eigenvalue weighted by atomic mass is 32.2. The fraction of sp³-hybridized carbons (Fsp3) is 0.136. The van der Waals surface area contributed by atoms with Crippen molar-refractivity contribution in [3.8, 4) is 5.75 Å². The van der Waals surface area contributed by atoms with Crippen LogP contribution in [0.2, 0.25) is 0 Å². The van der Waals surface area contributed by atoms with Crippen LogP contribution < -0.4 is 4.74 Å². The van der Waals surface area contributed by atoms with Gasteiger partial charge in [-0.15, -0.1) is 0 Å². The van der Waals surface area contributed by atoms with E-state index >= 15 is 0 Å². The molecule has 0 saturated heterocycles. The summed E-state index contributed by atoms with van der Waals surface area (Å²) in [4.78, 5) is 15.1. The van der Waals surface area contributed by atoms with E-state index in [1.165, 1.54) is 30.6 Å². The maximum atomic E-state index is 13.1. The summed E-state index contributed by atoms with van der Waals surface area (Å²) in [6, 6.07) is 27.3. The first-order valence-electron chi connectivity index (χ1n) is 8.39. The molecule has 0 bridgehead atoms. The minimum absolute atomic E-state index is 0.310. The van der Waals surface area contributed by atoms with Crippen LogP contribution in [0.5, 0.6) is 5.75 Å². The summed E-state index contributed by atoms with van der Waals surface area (Å²) in [7, 11) is 3.05. The second-order valence-electron chi connectivity index (χ2n) is 5.67. The van der Waals surface area contributed by atoms with Crippen LogP contribution in [0.4, 0.5) is 0 Å². The molecule has 0 saturated carbocycles. The summed E-state index contributed by atoms with van der Waals surface area (Å²) in [6.07, 6.45) is 0. The molecule has 0 aliphatic heterocycles. The zero-order chi connectivity index (χ0) is 19.1. The molecule has 0 atom stereocenters. The van der Waals surface area contributed by atoms with Crippen LogP contribution in [0.25, 0.3) is 0 Å². The van der Waals surface area contributed by atoms with Crippen molar-refractivity contribution in [3.05, 3.63) is 90.5 Å². The molecule has 5 heteroatoms. The van der Waals surface area contributed by atoms with Crippen molar-refractivity contribution in [1.29, 1.82) is 0 Å². The van der Waals surface area contributed by atoms with Gasteiger partial charge in [0.05, 0.1) is 14.2 Å². The van der Waals surface area contributed by atoms with Crippen molar-refractivity contribution in [3.63, 3.8) is 0 Å². The number of hydrogen-bond acceptors (Lipinski definition) is 5. The van der Waals surface area contributed by atoms with E-state index in [4.69, 9.17) is 9.47 Å². The number of methoxy groups -OCH3 is 2. The molecule has 3 aromatic rings. The van der Waals surface area contributed by atoms with Gasteiger partial charge in [-0.05, 0) is 42.0 Å². The molecule has 0 aliphatic carbocycles. The lowest BCUT2D eigenvalue weighted by Crippen LogP contribution is -2.30. The van der Waals surface area contributed by atoms with Crippen molar-refractivity contribution < 1.29 is 14.3 Å². The predicted molar refractivity (Wildman–Crippen MR) is 111 cm³/mol. The van der Waals surface area contributed by atoms with Gasteiger partial charge in [0.15, 0.2) is 4.08 Å². The van der Waals surface area contributed by atoms with Gasteiger partial charge in [-0.2, -0.15) is 0 Å². The van der Waals surface area contributed by atoms with Crippen molar-refractivity contribution in [2.75, 3.05) is 14.2 Å². The van der Waals surface area contributed by atoms with Crippen molar-refractivity contribution >= 4 is 29.5 Å². The van der Waals surface area contributed by atoms with E-state index in [0.717, 1.165) is 21.1 Å². The average molecular weight is 397 g/mol. The highest BCUT2D eigenvalue weighted by Gasteiger charge is 2.44. The Morgan fingerprint density at radius 2 is 1.22 bits per heavy atom. The largest absolute Gasteiger partial charge is 0.497 e. The van der Waals surface area contributed by atoms with Crippen LogP contribution in [0.3, 0.4) is 0 Å². The molecule has 0 spiro atoms. The highest BCUT2D eigenvalue weighted by Crippen LogP contribution is 2.53. The number of hydrogen-bond donors (Lipinski definition) is 0. The number of rotatable bonds is 7. The van der Waals surface area contributed by atoms with Crippen molar-refractivity contribution in [2.24, 2.45) is 0 Å². The quantitative estimate of drug-likeness (QED) is 0.295. The standard InChI is InChI=1S/C22H20O3S2/c1-24-18-15-13-17(14-16-18)22(21(23)25-2,26-19-9-5-3-6-10-19)27-20-11-7-4-8-12-20/h3-16H,1-2H3. The number of esters is 1. The van der Waals surface area contributed by atoms with Crippen molar-refractivity contribution in [2.45, 2.75) is 13.9 Å². The van der Waals surface area contributed by atoms with E-state index in [1.54, 1.807) is 7.11 Å². The molecule has 0 N–H and O–H groups in total. The van der Waals surface area contributed by atoms with Crippen LogP contribution >= 0.6 is 23.5 Å². The van der Waals surface area contributed by atoms with Crippen LogP contribution in [-0.4, -0.2) is 20.2 Å². The monoisotopic (exact) mass is 396 g/mol. The Hall–Kier alpha value is -2.37. The normalized spacial score (nSPS) is 11.0. The van der Waals surface area contributed by atoms with Gasteiger partial charge in [-0.1, -0.05) is 72.1 Å². The first-order valence-corrected chi connectivity index (χ1v) is 10.0. The Kier molecular flexibility index (Phi) is 6.48. The molecule has 0 unspecified atom stereocenters. The van der Waals surface area contributed by atoms with E-state index < -0.39 is 4.08 Å². The fourth-order valence-corrected chi connectivity index (χ4v) is 5.43. The average Bonchev–Trinajstić information content (AvgIpc) is 2.74. The van der Waals surface area contributed by atoms with Gasteiger partial charge in [0.25, 0.3) is 0 Å². The highest BCUT2D eigenvalue weighted by molar-refractivity contribution is 8.18. The fourth-order valence-electron chi connectivity index (χ4n) is 2.59. The molecule has 0 aliphatic rings. The molecule has 0 fully saturated rings. The molecule has 3 aromatic carbocycles. The summed E-state index contributed by atoms with van der Waals surface area (Å²) in [5.41, 5.74) is 0.845. The number of ether oxygens (including phenoxy) is 2. The maximum Gasteiger partial charge on any atom is 0.337 e. The molecule has 138 valence electrons. The van der Waals surface area contributed by atoms with Gasteiger partial charge >= 0.3 is 5.97 Å². The zero-order valence-corrected chi connectivity index (χ0v) is 16.8. The Morgan fingerprint density at radius 3 is 1.63 bits per heavy atom. The summed E-state index contributed by atoms with van der Waals surface area (Å²) in [6.45, 7) is 0. The van der Waals surface area contributed by atoms with Crippen LogP contribution in [0.15, 0.2) is 94.7 Å². The number of carbonyl (C=O) groups is 1. The third kappa shape index (κ3) is 4.49. The Labute approximate surface area is 168 Å². The Balaban J connectivity index is 2.12. The van der Waals surface area contributed by atoms with Gasteiger partial charge in [0.2, 0.25) is 0 Å². The minimum Gasteiger partial charge on any atom is -0.497 e. The van der Waals surface area contributed by atoms with Gasteiger partial charge < -0.3 is 9.47 Å². The van der Waals surface area contributed by atoms with Gasteiger partial charge in [0, 0.05) is 9.79 Å². The first kappa shape index (κ1) is 19.4. The lowest BCUT2D eigenvalue weighted by molar-refractivity contribution is -0.141. The summed E-state index contributed by atoms with van der Waals surface area (Å²) in [5.74, 6) is 0.433. The van der Waals surface area contributed by atoms with Gasteiger partial charge in [-0.25, -0.2) is 4.79 Å².